The molecule has 0 aliphatic rings. The molecule has 124 valence electrons. The molecule has 0 spiro atoms. The topological polar surface area (TPSA) is 65.5 Å². The van der Waals surface area contributed by atoms with E-state index in [2.05, 4.69) is 10.3 Å². The first-order valence-electron chi connectivity index (χ1n) is 7.57. The number of thiazole rings is 1. The van der Waals surface area contributed by atoms with Crippen LogP contribution in [0.4, 0.5) is 5.13 Å². The second-order valence-electron chi connectivity index (χ2n) is 5.84. The first kappa shape index (κ1) is 17.4. The SMILES string of the molecule is Cc1nc(N(C)C)sc1C(=O)NC(C)CC(O)c1ccccc1. The van der Waals surface area contributed by atoms with Gasteiger partial charge in [-0.2, -0.15) is 0 Å². The molecule has 5 nitrogen and oxygen atoms in total. The number of carbonyl (C=O) groups is 1. The van der Waals surface area contributed by atoms with Gasteiger partial charge in [0.2, 0.25) is 0 Å². The van der Waals surface area contributed by atoms with Crippen molar-refractivity contribution in [2.45, 2.75) is 32.4 Å². The highest BCUT2D eigenvalue weighted by Crippen LogP contribution is 2.25. The summed E-state index contributed by atoms with van der Waals surface area (Å²) in [6.07, 6.45) is -0.125. The molecule has 2 atom stereocenters. The van der Waals surface area contributed by atoms with Gasteiger partial charge in [-0.1, -0.05) is 41.7 Å². The van der Waals surface area contributed by atoms with Crippen LogP contribution in [0.25, 0.3) is 0 Å². The fourth-order valence-electron chi connectivity index (χ4n) is 2.28. The van der Waals surface area contributed by atoms with Crippen LogP contribution < -0.4 is 10.2 Å². The van der Waals surface area contributed by atoms with Crippen molar-refractivity contribution in [3.63, 3.8) is 0 Å². The zero-order valence-electron chi connectivity index (χ0n) is 13.9. The van der Waals surface area contributed by atoms with Gasteiger partial charge >= 0.3 is 0 Å². The lowest BCUT2D eigenvalue weighted by atomic mass is 10.0. The zero-order chi connectivity index (χ0) is 17.0. The van der Waals surface area contributed by atoms with Crippen molar-refractivity contribution in [3.8, 4) is 0 Å². The number of aromatic nitrogens is 1. The number of nitrogens with zero attached hydrogens (tertiary/aromatic N) is 2. The molecule has 0 aliphatic heterocycles. The Morgan fingerprint density at radius 2 is 2.00 bits per heavy atom. The van der Waals surface area contributed by atoms with Crippen molar-refractivity contribution in [3.05, 3.63) is 46.5 Å². The Kier molecular flexibility index (Phi) is 5.74. The fourth-order valence-corrected chi connectivity index (χ4v) is 3.17. The fraction of sp³-hybridized carbons (Fsp3) is 0.412. The van der Waals surface area contributed by atoms with E-state index in [1.54, 1.807) is 0 Å². The molecule has 0 radical (unpaired) electrons. The van der Waals surface area contributed by atoms with E-state index in [1.165, 1.54) is 11.3 Å². The van der Waals surface area contributed by atoms with Crippen molar-refractivity contribution in [2.24, 2.45) is 0 Å². The minimum absolute atomic E-state index is 0.137. The lowest BCUT2D eigenvalue weighted by Gasteiger charge is -2.18. The minimum atomic E-state index is -0.591. The molecule has 1 amide bonds. The van der Waals surface area contributed by atoms with Crippen LogP contribution >= 0.6 is 11.3 Å². The van der Waals surface area contributed by atoms with Gasteiger partial charge in [0, 0.05) is 20.1 Å². The Balaban J connectivity index is 1.97. The first-order chi connectivity index (χ1) is 10.9. The van der Waals surface area contributed by atoms with Gasteiger partial charge in [0.05, 0.1) is 11.8 Å². The predicted molar refractivity (Wildman–Crippen MR) is 94.1 cm³/mol. The minimum Gasteiger partial charge on any atom is -0.388 e. The molecule has 0 bridgehead atoms. The van der Waals surface area contributed by atoms with E-state index in [9.17, 15) is 9.90 Å². The van der Waals surface area contributed by atoms with Gasteiger partial charge in [0.25, 0.3) is 5.91 Å². The van der Waals surface area contributed by atoms with Crippen LogP contribution in [0, 0.1) is 6.92 Å². The number of anilines is 1. The molecule has 2 aromatic rings. The van der Waals surface area contributed by atoms with Gasteiger partial charge in [0.15, 0.2) is 5.13 Å². The van der Waals surface area contributed by atoms with Gasteiger partial charge in [-0.3, -0.25) is 4.79 Å². The summed E-state index contributed by atoms with van der Waals surface area (Å²) in [5.74, 6) is -0.138. The number of hydrogen-bond donors (Lipinski definition) is 2. The summed E-state index contributed by atoms with van der Waals surface area (Å²) in [6.45, 7) is 3.73. The Morgan fingerprint density at radius 3 is 2.57 bits per heavy atom. The Morgan fingerprint density at radius 1 is 1.35 bits per heavy atom. The second kappa shape index (κ2) is 7.57. The number of aliphatic hydroxyl groups excluding tert-OH is 1. The van der Waals surface area contributed by atoms with Gasteiger partial charge in [0.1, 0.15) is 4.88 Å². The maximum atomic E-state index is 12.4. The highest BCUT2D eigenvalue weighted by atomic mass is 32.1. The number of nitrogens with one attached hydrogen (secondary N) is 1. The molecular formula is C17H23N3O2S. The number of aryl methyl sites for hydroxylation is 1. The molecule has 23 heavy (non-hydrogen) atoms. The third-order valence-corrected chi connectivity index (χ3v) is 4.84. The summed E-state index contributed by atoms with van der Waals surface area (Å²) in [4.78, 5) is 19.3. The summed E-state index contributed by atoms with van der Waals surface area (Å²) in [7, 11) is 3.80. The van der Waals surface area contributed by atoms with E-state index in [4.69, 9.17) is 0 Å². The number of aliphatic hydroxyl groups is 1. The lowest BCUT2D eigenvalue weighted by molar-refractivity contribution is 0.0920. The smallest absolute Gasteiger partial charge is 0.263 e. The maximum Gasteiger partial charge on any atom is 0.263 e. The highest BCUT2D eigenvalue weighted by Gasteiger charge is 2.19. The molecular weight excluding hydrogens is 310 g/mol. The van der Waals surface area contributed by atoms with Crippen LogP contribution in [0.2, 0.25) is 0 Å². The van der Waals surface area contributed by atoms with Crippen LogP contribution in [0.5, 0.6) is 0 Å². The standard InChI is InChI=1S/C17H23N3O2S/c1-11(10-14(21)13-8-6-5-7-9-13)18-16(22)15-12(2)19-17(23-15)20(3)4/h5-9,11,14,21H,10H2,1-4H3,(H,18,22). The number of amides is 1. The maximum absolute atomic E-state index is 12.4. The molecule has 2 rings (SSSR count). The number of benzene rings is 1. The molecule has 0 saturated carbocycles. The van der Waals surface area contributed by atoms with E-state index in [-0.39, 0.29) is 11.9 Å². The Hall–Kier alpha value is -1.92. The van der Waals surface area contributed by atoms with Crippen molar-refractivity contribution in [2.75, 3.05) is 19.0 Å². The summed E-state index contributed by atoms with van der Waals surface area (Å²) in [5.41, 5.74) is 1.59. The van der Waals surface area contributed by atoms with Gasteiger partial charge in [-0.25, -0.2) is 4.98 Å². The second-order valence-corrected chi connectivity index (χ2v) is 6.82. The van der Waals surface area contributed by atoms with E-state index in [1.807, 2.05) is 63.2 Å². The monoisotopic (exact) mass is 333 g/mol. The molecule has 0 saturated heterocycles. The van der Waals surface area contributed by atoms with Crippen LogP contribution in [0.3, 0.4) is 0 Å². The number of carbonyl (C=O) groups excluding carboxylic acids is 1. The number of rotatable bonds is 6. The zero-order valence-corrected chi connectivity index (χ0v) is 14.7. The summed E-state index contributed by atoms with van der Waals surface area (Å²) in [5, 5.41) is 14.0. The molecule has 1 heterocycles. The summed E-state index contributed by atoms with van der Waals surface area (Å²) < 4.78 is 0. The van der Waals surface area contributed by atoms with Gasteiger partial charge in [-0.15, -0.1) is 0 Å². The quantitative estimate of drug-likeness (QED) is 0.853. The molecule has 0 fully saturated rings. The van der Waals surface area contributed by atoms with Crippen LogP contribution in [-0.4, -0.2) is 36.1 Å². The van der Waals surface area contributed by atoms with Crippen molar-refractivity contribution < 1.29 is 9.90 Å². The summed E-state index contributed by atoms with van der Waals surface area (Å²) in [6, 6.07) is 9.33. The molecule has 2 N–H and O–H groups in total. The van der Waals surface area contributed by atoms with Crippen molar-refractivity contribution in [1.29, 1.82) is 0 Å². The predicted octanol–water partition coefficient (Wildman–Crippen LogP) is 2.76. The first-order valence-corrected chi connectivity index (χ1v) is 8.38. The van der Waals surface area contributed by atoms with E-state index < -0.39 is 6.10 Å². The van der Waals surface area contributed by atoms with Crippen LogP contribution in [0.15, 0.2) is 30.3 Å². The highest BCUT2D eigenvalue weighted by molar-refractivity contribution is 7.17. The van der Waals surface area contributed by atoms with E-state index in [0.29, 0.717) is 11.3 Å². The van der Waals surface area contributed by atoms with Crippen molar-refractivity contribution in [1.82, 2.24) is 10.3 Å². The average Bonchev–Trinajstić information content (AvgIpc) is 2.90. The largest absolute Gasteiger partial charge is 0.388 e. The Labute approximate surface area is 141 Å². The van der Waals surface area contributed by atoms with Crippen molar-refractivity contribution >= 4 is 22.4 Å². The number of hydrogen-bond acceptors (Lipinski definition) is 5. The molecule has 1 aromatic carbocycles. The lowest BCUT2D eigenvalue weighted by Crippen LogP contribution is -2.33. The van der Waals surface area contributed by atoms with Gasteiger partial charge < -0.3 is 15.3 Å². The molecule has 0 aliphatic carbocycles. The third-order valence-electron chi connectivity index (χ3n) is 3.51. The molecule has 2 unspecified atom stereocenters. The van der Waals surface area contributed by atoms with E-state index in [0.717, 1.165) is 16.4 Å². The average molecular weight is 333 g/mol. The molecule has 6 heteroatoms. The summed E-state index contributed by atoms with van der Waals surface area (Å²) >= 11 is 1.37. The van der Waals surface area contributed by atoms with Crippen LogP contribution in [0.1, 0.15) is 40.4 Å². The van der Waals surface area contributed by atoms with E-state index >= 15 is 0 Å². The third kappa shape index (κ3) is 4.53. The van der Waals surface area contributed by atoms with Gasteiger partial charge in [-0.05, 0) is 25.8 Å². The Bertz CT molecular complexity index is 655. The normalized spacial score (nSPS) is 13.4. The van der Waals surface area contributed by atoms with Crippen LogP contribution in [-0.2, 0) is 0 Å². The molecule has 1 aromatic heterocycles.